The maximum absolute atomic E-state index is 10.4. The van der Waals surface area contributed by atoms with E-state index in [1.54, 1.807) is 12.1 Å². The molecule has 1 N–H and O–H groups in total. The van der Waals surface area contributed by atoms with E-state index in [2.05, 4.69) is 10.8 Å². The molecule has 0 aliphatic rings. The lowest BCUT2D eigenvalue weighted by atomic mass is 10.0. The fraction of sp³-hybridized carbons (Fsp3) is 0.0526. The van der Waals surface area contributed by atoms with Crippen LogP contribution >= 0.6 is 0 Å². The minimum atomic E-state index is -1.43. The fourth-order valence-electron chi connectivity index (χ4n) is 2.22. The van der Waals surface area contributed by atoms with Gasteiger partial charge in [0.15, 0.2) is 0 Å². The molecule has 1 aromatic heterocycles. The molecular formula is C19H13NO5. The molecule has 3 aromatic rings. The van der Waals surface area contributed by atoms with Crippen molar-refractivity contribution in [2.45, 2.75) is 6.61 Å². The highest BCUT2D eigenvalue weighted by atomic mass is 16.7. The molecule has 1 heterocycles. The normalized spacial score (nSPS) is 10.0. The molecule has 0 amide bonds. The summed E-state index contributed by atoms with van der Waals surface area (Å²) >= 11 is 0. The molecule has 0 saturated carbocycles. The number of nitrogens with zero attached hydrogens (tertiary/aromatic N) is 1. The summed E-state index contributed by atoms with van der Waals surface area (Å²) in [7, 11) is 0. The van der Waals surface area contributed by atoms with Crippen LogP contribution in [0.15, 0.2) is 65.3 Å². The van der Waals surface area contributed by atoms with E-state index >= 15 is 0 Å². The molecule has 0 radical (unpaired) electrons. The molecule has 3 rings (SSSR count). The number of ether oxygens (including phenoxy) is 2. The predicted molar refractivity (Wildman–Crippen MR) is 88.3 cm³/mol. The van der Waals surface area contributed by atoms with Crippen molar-refractivity contribution in [3.05, 3.63) is 72.0 Å². The number of carboxylic acid groups (broad SMARTS) is 1. The SMILES string of the molecule is N#Cc1ccc(-c2ccc(OCc3coc(OC(=O)O)c3)cc2)cc1. The van der Waals surface area contributed by atoms with Crippen LogP contribution in [0.5, 0.6) is 11.7 Å². The second-order valence-corrected chi connectivity index (χ2v) is 5.14. The second-order valence-electron chi connectivity index (χ2n) is 5.14. The Labute approximate surface area is 143 Å². The summed E-state index contributed by atoms with van der Waals surface area (Å²) in [5, 5.41) is 17.3. The summed E-state index contributed by atoms with van der Waals surface area (Å²) in [4.78, 5) is 10.4. The highest BCUT2D eigenvalue weighted by Gasteiger charge is 2.07. The standard InChI is InChI=1S/C19H13NO5/c20-10-13-1-3-15(4-2-13)16-5-7-17(8-6-16)23-11-14-9-18(24-12-14)25-19(21)22/h1-9,12H,11H2,(H,21,22). The molecule has 0 spiro atoms. The van der Waals surface area contributed by atoms with Gasteiger partial charge in [-0.25, -0.2) is 4.79 Å². The first-order valence-corrected chi connectivity index (χ1v) is 7.35. The Kier molecular flexibility index (Phi) is 4.67. The van der Waals surface area contributed by atoms with E-state index in [9.17, 15) is 4.79 Å². The zero-order chi connectivity index (χ0) is 17.6. The Morgan fingerprint density at radius 3 is 2.32 bits per heavy atom. The summed E-state index contributed by atoms with van der Waals surface area (Å²) in [6, 6.07) is 18.4. The van der Waals surface area contributed by atoms with E-state index in [1.165, 1.54) is 12.3 Å². The number of furan rings is 1. The van der Waals surface area contributed by atoms with Gasteiger partial charge in [0.1, 0.15) is 18.6 Å². The van der Waals surface area contributed by atoms with Gasteiger partial charge < -0.3 is 19.0 Å². The molecule has 6 nitrogen and oxygen atoms in total. The van der Waals surface area contributed by atoms with Crippen LogP contribution in [0.1, 0.15) is 11.1 Å². The summed E-state index contributed by atoms with van der Waals surface area (Å²) in [5.74, 6) is 0.571. The van der Waals surface area contributed by atoms with Gasteiger partial charge in [-0.15, -0.1) is 0 Å². The summed E-state index contributed by atoms with van der Waals surface area (Å²) in [5.41, 5.74) is 3.30. The van der Waals surface area contributed by atoms with Crippen LogP contribution in [-0.2, 0) is 6.61 Å². The third-order valence-corrected chi connectivity index (χ3v) is 3.42. The zero-order valence-corrected chi connectivity index (χ0v) is 13.0. The number of rotatable bonds is 5. The third-order valence-electron chi connectivity index (χ3n) is 3.42. The number of hydrogen-bond donors (Lipinski definition) is 1. The van der Waals surface area contributed by atoms with Gasteiger partial charge in [-0.3, -0.25) is 0 Å². The van der Waals surface area contributed by atoms with Crippen molar-refractivity contribution in [1.29, 1.82) is 5.26 Å². The van der Waals surface area contributed by atoms with E-state index in [-0.39, 0.29) is 12.6 Å². The Hall–Kier alpha value is -3.72. The Balaban J connectivity index is 1.61. The third kappa shape index (κ3) is 4.18. The van der Waals surface area contributed by atoms with E-state index in [0.717, 1.165) is 11.1 Å². The van der Waals surface area contributed by atoms with Gasteiger partial charge in [0.2, 0.25) is 0 Å². The lowest BCUT2D eigenvalue weighted by molar-refractivity contribution is 0.133. The van der Waals surface area contributed by atoms with E-state index in [0.29, 0.717) is 16.9 Å². The van der Waals surface area contributed by atoms with Gasteiger partial charge in [0.25, 0.3) is 5.95 Å². The average molecular weight is 335 g/mol. The fourth-order valence-corrected chi connectivity index (χ4v) is 2.22. The summed E-state index contributed by atoms with van der Waals surface area (Å²) in [6.45, 7) is 0.225. The van der Waals surface area contributed by atoms with E-state index < -0.39 is 6.16 Å². The number of nitriles is 1. The van der Waals surface area contributed by atoms with Crippen molar-refractivity contribution in [1.82, 2.24) is 0 Å². The molecule has 0 aliphatic heterocycles. The number of hydrogen-bond acceptors (Lipinski definition) is 5. The average Bonchev–Trinajstić information content (AvgIpc) is 3.07. The van der Waals surface area contributed by atoms with Gasteiger partial charge in [0, 0.05) is 11.6 Å². The summed E-state index contributed by atoms with van der Waals surface area (Å²) in [6.07, 6.45) is -0.0520. The molecular weight excluding hydrogens is 322 g/mol. The van der Waals surface area contributed by atoms with Crippen LogP contribution in [0, 0.1) is 11.3 Å². The topological polar surface area (TPSA) is 92.7 Å². The molecule has 2 aromatic carbocycles. The molecule has 0 saturated heterocycles. The Bertz CT molecular complexity index is 904. The van der Waals surface area contributed by atoms with E-state index in [1.807, 2.05) is 36.4 Å². The zero-order valence-electron chi connectivity index (χ0n) is 13.0. The van der Waals surface area contributed by atoms with Gasteiger partial charge in [0.05, 0.1) is 11.6 Å². The van der Waals surface area contributed by atoms with Crippen molar-refractivity contribution < 1.29 is 23.8 Å². The maximum Gasteiger partial charge on any atom is 0.513 e. The maximum atomic E-state index is 10.4. The smallest absolute Gasteiger partial charge is 0.489 e. The van der Waals surface area contributed by atoms with Crippen LogP contribution < -0.4 is 9.47 Å². The van der Waals surface area contributed by atoms with Crippen LogP contribution in [0.4, 0.5) is 4.79 Å². The van der Waals surface area contributed by atoms with Crippen LogP contribution in [0.25, 0.3) is 11.1 Å². The monoisotopic (exact) mass is 335 g/mol. The minimum Gasteiger partial charge on any atom is -0.489 e. The highest BCUT2D eigenvalue weighted by molar-refractivity contribution is 5.65. The van der Waals surface area contributed by atoms with Crippen molar-refractivity contribution in [3.63, 3.8) is 0 Å². The van der Waals surface area contributed by atoms with Crippen LogP contribution in [-0.4, -0.2) is 11.3 Å². The predicted octanol–water partition coefficient (Wildman–Crippen LogP) is 4.45. The van der Waals surface area contributed by atoms with Crippen LogP contribution in [0.3, 0.4) is 0 Å². The first-order valence-electron chi connectivity index (χ1n) is 7.35. The molecule has 124 valence electrons. The summed E-state index contributed by atoms with van der Waals surface area (Å²) < 4.78 is 15.0. The highest BCUT2D eigenvalue weighted by Crippen LogP contribution is 2.24. The van der Waals surface area contributed by atoms with Crippen molar-refractivity contribution in [3.8, 4) is 28.9 Å². The Morgan fingerprint density at radius 1 is 1.08 bits per heavy atom. The quantitative estimate of drug-likeness (QED) is 0.692. The van der Waals surface area contributed by atoms with Gasteiger partial charge in [-0.2, -0.15) is 5.26 Å². The largest absolute Gasteiger partial charge is 0.513 e. The van der Waals surface area contributed by atoms with Crippen molar-refractivity contribution in [2.24, 2.45) is 0 Å². The van der Waals surface area contributed by atoms with Crippen molar-refractivity contribution in [2.75, 3.05) is 0 Å². The van der Waals surface area contributed by atoms with Gasteiger partial charge in [-0.1, -0.05) is 24.3 Å². The molecule has 0 atom stereocenters. The Morgan fingerprint density at radius 2 is 1.72 bits per heavy atom. The molecule has 25 heavy (non-hydrogen) atoms. The second kappa shape index (κ2) is 7.23. The van der Waals surface area contributed by atoms with Gasteiger partial charge in [-0.05, 0) is 35.4 Å². The van der Waals surface area contributed by atoms with Crippen molar-refractivity contribution >= 4 is 6.16 Å². The lowest BCUT2D eigenvalue weighted by Crippen LogP contribution is -2.01. The molecule has 0 fully saturated rings. The number of benzene rings is 2. The molecule has 0 aliphatic carbocycles. The molecule has 0 unspecified atom stereocenters. The van der Waals surface area contributed by atoms with Crippen LogP contribution in [0.2, 0.25) is 0 Å². The molecule has 0 bridgehead atoms. The van der Waals surface area contributed by atoms with Gasteiger partial charge >= 0.3 is 6.16 Å². The lowest BCUT2D eigenvalue weighted by Gasteiger charge is -2.06. The van der Waals surface area contributed by atoms with E-state index in [4.69, 9.17) is 19.5 Å². The minimum absolute atomic E-state index is 0.0951. The number of carbonyl (C=O) groups is 1. The first kappa shape index (κ1) is 16.1. The first-order chi connectivity index (χ1) is 12.1. The molecule has 6 heteroatoms.